The highest BCUT2D eigenvalue weighted by atomic mass is 35.5. The third-order valence-corrected chi connectivity index (χ3v) is 8.13. The summed E-state index contributed by atoms with van der Waals surface area (Å²) in [4.78, 5) is 43.1. The molecule has 1 fully saturated rings. The van der Waals surface area contributed by atoms with Gasteiger partial charge in [0.05, 0.1) is 18.5 Å². The van der Waals surface area contributed by atoms with E-state index in [9.17, 15) is 14.4 Å². The molecule has 0 aliphatic carbocycles. The summed E-state index contributed by atoms with van der Waals surface area (Å²) in [6.45, 7) is 8.55. The van der Waals surface area contributed by atoms with E-state index in [1.165, 1.54) is 17.3 Å². The Kier molecular flexibility index (Phi) is 13.4. The SMILES string of the molecule is CC(C)OCCN(C(=O)CSCCC(N)C(=O)O)c1ccc(C(=O)N2CCN(CCc3ccc(Cl)cc3)CC2)cc1. The standard InChI is InChI=1S/C30H41ClN4O5S/c1-22(2)40-19-18-35(28(36)21-41-20-12-27(32)30(38)39)26-9-5-24(6-10-26)29(37)34-16-14-33(15-17-34)13-11-23-3-7-25(31)8-4-23/h3-10,22,27H,11-21,32H2,1-2H3,(H,38,39). The average Bonchev–Trinajstić information content (AvgIpc) is 2.97. The van der Waals surface area contributed by atoms with Crippen molar-refractivity contribution in [3.8, 4) is 0 Å². The Morgan fingerprint density at radius 1 is 1.05 bits per heavy atom. The molecule has 2 amide bonds. The largest absolute Gasteiger partial charge is 0.480 e. The van der Waals surface area contributed by atoms with Gasteiger partial charge in [-0.25, -0.2) is 0 Å². The van der Waals surface area contributed by atoms with Crippen molar-refractivity contribution in [2.75, 3.05) is 62.3 Å². The Balaban J connectivity index is 1.52. The molecule has 41 heavy (non-hydrogen) atoms. The number of carboxylic acids is 1. The van der Waals surface area contributed by atoms with E-state index in [-0.39, 0.29) is 30.1 Å². The van der Waals surface area contributed by atoms with Crippen molar-refractivity contribution < 1.29 is 24.2 Å². The molecule has 3 rings (SSSR count). The first kappa shape index (κ1) is 32.9. The molecule has 0 bridgehead atoms. The molecule has 0 aromatic heterocycles. The van der Waals surface area contributed by atoms with Crippen LogP contribution in [-0.2, 0) is 20.7 Å². The van der Waals surface area contributed by atoms with Crippen molar-refractivity contribution in [3.05, 3.63) is 64.7 Å². The summed E-state index contributed by atoms with van der Waals surface area (Å²) in [5.41, 5.74) is 8.08. The van der Waals surface area contributed by atoms with E-state index >= 15 is 0 Å². The number of halogens is 1. The number of carbonyl (C=O) groups excluding carboxylic acids is 2. The fraction of sp³-hybridized carbons (Fsp3) is 0.500. The summed E-state index contributed by atoms with van der Waals surface area (Å²) in [5.74, 6) is -0.510. The number of thioether (sulfide) groups is 1. The molecule has 1 aliphatic rings. The molecule has 9 nitrogen and oxygen atoms in total. The van der Waals surface area contributed by atoms with Gasteiger partial charge in [0.25, 0.3) is 5.91 Å². The van der Waals surface area contributed by atoms with Gasteiger partial charge in [-0.1, -0.05) is 23.7 Å². The third-order valence-electron chi connectivity index (χ3n) is 6.90. The number of aliphatic carboxylic acids is 1. The van der Waals surface area contributed by atoms with Crippen molar-refractivity contribution in [1.82, 2.24) is 9.80 Å². The Bertz CT molecular complexity index is 1120. The second-order valence-corrected chi connectivity index (χ2v) is 11.8. The van der Waals surface area contributed by atoms with Crippen LogP contribution >= 0.6 is 23.4 Å². The predicted molar refractivity (Wildman–Crippen MR) is 165 cm³/mol. The monoisotopic (exact) mass is 604 g/mol. The average molecular weight is 605 g/mol. The minimum absolute atomic E-state index is 0.0137. The fourth-order valence-electron chi connectivity index (χ4n) is 4.43. The number of anilines is 1. The van der Waals surface area contributed by atoms with E-state index in [0.29, 0.717) is 43.2 Å². The maximum absolute atomic E-state index is 13.2. The summed E-state index contributed by atoms with van der Waals surface area (Å²) in [6, 6.07) is 14.1. The Labute approximate surface area is 251 Å². The molecule has 1 saturated heterocycles. The van der Waals surface area contributed by atoms with Crippen LogP contribution in [0.5, 0.6) is 0 Å². The van der Waals surface area contributed by atoms with Crippen LogP contribution in [0.2, 0.25) is 5.02 Å². The number of ether oxygens (including phenoxy) is 1. The lowest BCUT2D eigenvalue weighted by atomic mass is 10.1. The van der Waals surface area contributed by atoms with Gasteiger partial charge in [-0.3, -0.25) is 19.3 Å². The molecular formula is C30H41ClN4O5S. The van der Waals surface area contributed by atoms with Crippen molar-refractivity contribution in [2.45, 2.75) is 38.8 Å². The van der Waals surface area contributed by atoms with Crippen LogP contribution in [-0.4, -0.2) is 102 Å². The van der Waals surface area contributed by atoms with Gasteiger partial charge in [-0.05, 0) is 74.4 Å². The van der Waals surface area contributed by atoms with Crippen LogP contribution in [0.25, 0.3) is 0 Å². The molecule has 224 valence electrons. The second-order valence-electron chi connectivity index (χ2n) is 10.3. The number of benzene rings is 2. The van der Waals surface area contributed by atoms with Crippen molar-refractivity contribution in [2.24, 2.45) is 5.73 Å². The summed E-state index contributed by atoms with van der Waals surface area (Å²) >= 11 is 7.33. The Morgan fingerprint density at radius 2 is 1.71 bits per heavy atom. The molecule has 2 aromatic carbocycles. The Hall–Kier alpha value is -2.63. The summed E-state index contributed by atoms with van der Waals surface area (Å²) < 4.78 is 5.67. The summed E-state index contributed by atoms with van der Waals surface area (Å²) in [7, 11) is 0. The van der Waals surface area contributed by atoms with Crippen LogP contribution in [0, 0.1) is 0 Å². The molecule has 3 N–H and O–H groups in total. The highest BCUT2D eigenvalue weighted by Gasteiger charge is 2.23. The minimum Gasteiger partial charge on any atom is -0.480 e. The van der Waals surface area contributed by atoms with Crippen molar-refractivity contribution in [3.63, 3.8) is 0 Å². The molecule has 0 saturated carbocycles. The first-order valence-corrected chi connectivity index (χ1v) is 15.5. The number of hydrogen-bond donors (Lipinski definition) is 2. The highest BCUT2D eigenvalue weighted by Crippen LogP contribution is 2.19. The van der Waals surface area contributed by atoms with Crippen LogP contribution in [0.15, 0.2) is 48.5 Å². The van der Waals surface area contributed by atoms with Crippen molar-refractivity contribution >= 4 is 46.8 Å². The lowest BCUT2D eigenvalue weighted by Crippen LogP contribution is -2.49. The summed E-state index contributed by atoms with van der Waals surface area (Å²) in [5, 5.41) is 9.68. The van der Waals surface area contributed by atoms with Gasteiger partial charge in [-0.15, -0.1) is 0 Å². The molecule has 0 spiro atoms. The van der Waals surface area contributed by atoms with Crippen LogP contribution in [0.4, 0.5) is 5.69 Å². The first-order valence-electron chi connectivity index (χ1n) is 14.0. The molecule has 1 heterocycles. The molecule has 0 radical (unpaired) electrons. The van der Waals surface area contributed by atoms with Gasteiger partial charge >= 0.3 is 5.97 Å². The zero-order valence-electron chi connectivity index (χ0n) is 23.8. The Morgan fingerprint density at radius 3 is 2.32 bits per heavy atom. The lowest BCUT2D eigenvalue weighted by Gasteiger charge is -2.35. The zero-order chi connectivity index (χ0) is 29.8. The maximum atomic E-state index is 13.2. The molecule has 1 aliphatic heterocycles. The number of rotatable bonds is 15. The number of amides is 2. The quantitative estimate of drug-likeness (QED) is 0.296. The number of piperazine rings is 1. The van der Waals surface area contributed by atoms with E-state index < -0.39 is 12.0 Å². The fourth-order valence-corrected chi connectivity index (χ4v) is 5.45. The minimum atomic E-state index is -1.05. The number of carbonyl (C=O) groups is 3. The normalized spacial score (nSPS) is 14.7. The molecule has 11 heteroatoms. The molecular weight excluding hydrogens is 564 g/mol. The topological polar surface area (TPSA) is 116 Å². The van der Waals surface area contributed by atoms with Gasteiger partial charge in [0.1, 0.15) is 6.04 Å². The van der Waals surface area contributed by atoms with Crippen LogP contribution in [0.3, 0.4) is 0 Å². The zero-order valence-corrected chi connectivity index (χ0v) is 25.4. The van der Waals surface area contributed by atoms with Crippen molar-refractivity contribution in [1.29, 1.82) is 0 Å². The number of carboxylic acid groups (broad SMARTS) is 1. The van der Waals surface area contributed by atoms with Gasteiger partial charge < -0.3 is 25.4 Å². The van der Waals surface area contributed by atoms with Gasteiger partial charge in [-0.2, -0.15) is 11.8 Å². The highest BCUT2D eigenvalue weighted by molar-refractivity contribution is 7.99. The van der Waals surface area contributed by atoms with E-state index in [0.717, 1.165) is 31.1 Å². The van der Waals surface area contributed by atoms with E-state index in [2.05, 4.69) is 17.0 Å². The van der Waals surface area contributed by atoms with Crippen LogP contribution < -0.4 is 10.6 Å². The summed E-state index contributed by atoms with van der Waals surface area (Å²) in [6.07, 6.45) is 1.27. The van der Waals surface area contributed by atoms with Gasteiger partial charge in [0.15, 0.2) is 0 Å². The van der Waals surface area contributed by atoms with Crippen LogP contribution in [0.1, 0.15) is 36.2 Å². The second kappa shape index (κ2) is 16.7. The van der Waals surface area contributed by atoms with E-state index in [4.69, 9.17) is 27.2 Å². The van der Waals surface area contributed by atoms with Gasteiger partial charge in [0.2, 0.25) is 5.91 Å². The number of nitrogens with zero attached hydrogens (tertiary/aromatic N) is 3. The molecule has 1 atom stereocenters. The lowest BCUT2D eigenvalue weighted by molar-refractivity contribution is -0.138. The molecule has 2 aromatic rings. The van der Waals surface area contributed by atoms with Gasteiger partial charge in [0, 0.05) is 55.5 Å². The number of nitrogens with two attached hydrogens (primary N) is 1. The number of hydrogen-bond acceptors (Lipinski definition) is 7. The third kappa shape index (κ3) is 10.9. The predicted octanol–water partition coefficient (Wildman–Crippen LogP) is 3.63. The van der Waals surface area contributed by atoms with E-state index in [1.807, 2.05) is 30.9 Å². The first-order chi connectivity index (χ1) is 19.6. The maximum Gasteiger partial charge on any atom is 0.320 e. The molecule has 1 unspecified atom stereocenters. The van der Waals surface area contributed by atoms with E-state index in [1.54, 1.807) is 29.2 Å². The smallest absolute Gasteiger partial charge is 0.320 e.